The van der Waals surface area contributed by atoms with E-state index in [9.17, 15) is 25.0 Å². The van der Waals surface area contributed by atoms with Crippen LogP contribution in [-0.2, 0) is 0 Å². The summed E-state index contributed by atoms with van der Waals surface area (Å²) in [5, 5.41) is 24.5. The third-order valence-corrected chi connectivity index (χ3v) is 4.75. The molecule has 1 atom stereocenters. The Morgan fingerprint density at radius 1 is 1.04 bits per heavy atom. The number of halogens is 3. The lowest BCUT2D eigenvalue weighted by Crippen LogP contribution is -3.20. The van der Waals surface area contributed by atoms with E-state index in [1.54, 1.807) is 0 Å². The van der Waals surface area contributed by atoms with Crippen molar-refractivity contribution in [3.63, 3.8) is 0 Å². The van der Waals surface area contributed by atoms with Gasteiger partial charge in [0.1, 0.15) is 0 Å². The number of nitrogens with zero attached hydrogens (tertiary/aromatic N) is 2. The Labute approximate surface area is 163 Å². The Bertz CT molecular complexity index is 687. The molecule has 142 valence electrons. The van der Waals surface area contributed by atoms with Gasteiger partial charge < -0.3 is 4.90 Å². The zero-order valence-corrected chi connectivity index (χ0v) is 15.7. The summed E-state index contributed by atoms with van der Waals surface area (Å²) in [4.78, 5) is 33.7. The van der Waals surface area contributed by atoms with E-state index in [0.29, 0.717) is 13.1 Å². The van der Waals surface area contributed by atoms with Crippen LogP contribution in [0.5, 0.6) is 0 Å². The molecule has 1 aromatic carbocycles. The summed E-state index contributed by atoms with van der Waals surface area (Å²) in [6, 6.07) is 2.67. The van der Waals surface area contributed by atoms with Gasteiger partial charge in [0.2, 0.25) is 6.17 Å². The number of benzene rings is 1. The highest BCUT2D eigenvalue weighted by Crippen LogP contribution is 2.29. The molecular weight excluding hydrogens is 411 g/mol. The topological polar surface area (TPSA) is 120 Å². The summed E-state index contributed by atoms with van der Waals surface area (Å²) >= 11 is 18.0. The standard InChI is InChI=1S/C14H15Cl3N4O5/c15-14(16,17)13(19-4-2-1-3-5-19)18-12(22)9-6-10(20(23)24)8-11(7-9)21(25)26/h6-8,13H,1-5H2,(H,18,22)/p+1/t13-/m0/s1. The van der Waals surface area contributed by atoms with Gasteiger partial charge in [0.15, 0.2) is 0 Å². The maximum Gasteiger partial charge on any atom is 0.277 e. The number of quaternary nitrogens is 1. The van der Waals surface area contributed by atoms with E-state index in [1.807, 2.05) is 0 Å². The largest absolute Gasteiger partial charge is 0.312 e. The Morgan fingerprint density at radius 3 is 1.96 bits per heavy atom. The van der Waals surface area contributed by atoms with Crippen LogP contribution in [0, 0.1) is 20.2 Å². The maximum atomic E-state index is 12.5. The van der Waals surface area contributed by atoms with Crippen LogP contribution < -0.4 is 10.2 Å². The van der Waals surface area contributed by atoms with E-state index in [4.69, 9.17) is 34.8 Å². The molecule has 0 saturated carbocycles. The second kappa shape index (κ2) is 8.34. The molecule has 1 fully saturated rings. The third kappa shape index (κ3) is 5.16. The molecule has 0 radical (unpaired) electrons. The van der Waals surface area contributed by atoms with Crippen molar-refractivity contribution in [1.82, 2.24) is 5.32 Å². The molecule has 2 N–H and O–H groups in total. The van der Waals surface area contributed by atoms with Crippen molar-refractivity contribution in [2.24, 2.45) is 0 Å². The van der Waals surface area contributed by atoms with Gasteiger partial charge in [0, 0.05) is 12.1 Å². The number of carbonyl (C=O) groups excluding carboxylic acids is 1. The van der Waals surface area contributed by atoms with Crippen LogP contribution in [0.4, 0.5) is 11.4 Å². The molecule has 12 heteroatoms. The smallest absolute Gasteiger partial charge is 0.277 e. The second-order valence-corrected chi connectivity index (χ2v) is 8.29. The number of likely N-dealkylation sites (tertiary alicyclic amines) is 1. The van der Waals surface area contributed by atoms with Crippen molar-refractivity contribution in [1.29, 1.82) is 0 Å². The van der Waals surface area contributed by atoms with Crippen molar-refractivity contribution in [3.8, 4) is 0 Å². The average Bonchev–Trinajstić information content (AvgIpc) is 2.58. The van der Waals surface area contributed by atoms with Gasteiger partial charge >= 0.3 is 0 Å². The van der Waals surface area contributed by atoms with Crippen molar-refractivity contribution in [3.05, 3.63) is 44.0 Å². The molecular formula is C14H16Cl3N4O5+. The molecule has 26 heavy (non-hydrogen) atoms. The van der Waals surface area contributed by atoms with Crippen LogP contribution in [0.1, 0.15) is 29.6 Å². The van der Waals surface area contributed by atoms with Crippen LogP contribution in [0.25, 0.3) is 0 Å². The minimum absolute atomic E-state index is 0.249. The number of piperidine rings is 1. The van der Waals surface area contributed by atoms with Gasteiger partial charge in [-0.15, -0.1) is 0 Å². The molecule has 0 aromatic heterocycles. The van der Waals surface area contributed by atoms with E-state index in [1.165, 1.54) is 0 Å². The van der Waals surface area contributed by atoms with Gasteiger partial charge in [-0.2, -0.15) is 0 Å². The molecule has 9 nitrogen and oxygen atoms in total. The van der Waals surface area contributed by atoms with E-state index in [-0.39, 0.29) is 5.56 Å². The Morgan fingerprint density at radius 2 is 1.54 bits per heavy atom. The fourth-order valence-corrected chi connectivity index (χ4v) is 3.49. The normalized spacial score (nSPS) is 16.7. The molecule has 2 rings (SSSR count). The van der Waals surface area contributed by atoms with Gasteiger partial charge in [-0.05, 0) is 19.3 Å². The lowest BCUT2D eigenvalue weighted by atomic mass is 10.1. The number of rotatable bonds is 5. The van der Waals surface area contributed by atoms with Crippen LogP contribution >= 0.6 is 34.8 Å². The molecule has 1 heterocycles. The van der Waals surface area contributed by atoms with E-state index in [0.717, 1.165) is 42.4 Å². The van der Waals surface area contributed by atoms with Gasteiger partial charge in [0.05, 0.1) is 34.6 Å². The van der Waals surface area contributed by atoms with Gasteiger partial charge in [-0.3, -0.25) is 30.3 Å². The third-order valence-electron chi connectivity index (χ3n) is 4.09. The van der Waals surface area contributed by atoms with Crippen molar-refractivity contribution < 1.29 is 19.5 Å². The highest BCUT2D eigenvalue weighted by molar-refractivity contribution is 6.68. The number of non-ortho nitro benzene ring substituents is 2. The molecule has 1 aromatic rings. The highest BCUT2D eigenvalue weighted by Gasteiger charge is 2.43. The maximum absolute atomic E-state index is 12.5. The number of nitro benzene ring substituents is 2. The van der Waals surface area contributed by atoms with E-state index < -0.39 is 37.1 Å². The summed E-state index contributed by atoms with van der Waals surface area (Å²) in [7, 11) is 0. The number of carbonyl (C=O) groups is 1. The fourth-order valence-electron chi connectivity index (χ4n) is 2.86. The first-order valence-electron chi connectivity index (χ1n) is 7.75. The van der Waals surface area contributed by atoms with Crippen LogP contribution in [0.3, 0.4) is 0 Å². The Hall–Kier alpha value is -1.68. The molecule has 1 saturated heterocycles. The summed E-state index contributed by atoms with van der Waals surface area (Å²) in [6.45, 7) is 1.38. The molecule has 0 bridgehead atoms. The number of amides is 1. The first kappa shape index (κ1) is 20.6. The lowest BCUT2D eigenvalue weighted by Gasteiger charge is -2.35. The Kier molecular flexibility index (Phi) is 6.62. The SMILES string of the molecule is O=C(N[C@@H]([NH+]1CCCCC1)C(Cl)(Cl)Cl)c1cc([N+](=O)[O-])cc([N+](=O)[O-])c1. The second-order valence-electron chi connectivity index (χ2n) is 5.92. The van der Waals surface area contributed by atoms with Crippen LogP contribution in [-0.4, -0.2) is 38.8 Å². The molecule has 0 aliphatic carbocycles. The number of nitrogens with one attached hydrogen (secondary N) is 2. The predicted octanol–water partition coefficient (Wildman–Crippen LogP) is 2.00. The molecule has 1 aliphatic rings. The number of nitro groups is 2. The Balaban J connectivity index is 2.31. The first-order chi connectivity index (χ1) is 12.1. The van der Waals surface area contributed by atoms with E-state index in [2.05, 4.69) is 5.32 Å². The van der Waals surface area contributed by atoms with Crippen molar-refractivity contribution >= 4 is 52.1 Å². The first-order valence-corrected chi connectivity index (χ1v) is 8.89. The molecule has 1 aliphatic heterocycles. The van der Waals surface area contributed by atoms with Crippen molar-refractivity contribution in [2.75, 3.05) is 13.1 Å². The van der Waals surface area contributed by atoms with Gasteiger partial charge in [-0.1, -0.05) is 34.8 Å². The summed E-state index contributed by atoms with van der Waals surface area (Å²) in [5.74, 6) is -0.786. The lowest BCUT2D eigenvalue weighted by molar-refractivity contribution is -0.931. The zero-order valence-electron chi connectivity index (χ0n) is 13.4. The molecule has 0 unspecified atom stereocenters. The van der Waals surface area contributed by atoms with Gasteiger partial charge in [0.25, 0.3) is 21.1 Å². The van der Waals surface area contributed by atoms with E-state index >= 15 is 0 Å². The van der Waals surface area contributed by atoms with Crippen molar-refractivity contribution in [2.45, 2.75) is 29.2 Å². The monoisotopic (exact) mass is 425 g/mol. The fraction of sp³-hybridized carbons (Fsp3) is 0.500. The number of alkyl halides is 3. The number of hydrogen-bond acceptors (Lipinski definition) is 5. The predicted molar refractivity (Wildman–Crippen MR) is 95.8 cm³/mol. The zero-order chi connectivity index (χ0) is 19.5. The quantitative estimate of drug-likeness (QED) is 0.424. The van der Waals surface area contributed by atoms with Crippen LogP contribution in [0.2, 0.25) is 0 Å². The molecule has 1 amide bonds. The summed E-state index contributed by atoms with van der Waals surface area (Å²) < 4.78 is -1.81. The average molecular weight is 427 g/mol. The molecule has 0 spiro atoms. The minimum atomic E-state index is -1.81. The summed E-state index contributed by atoms with van der Waals surface area (Å²) in [5.41, 5.74) is -1.39. The van der Waals surface area contributed by atoms with Gasteiger partial charge in [-0.25, -0.2) is 0 Å². The number of hydrogen-bond donors (Lipinski definition) is 2. The highest BCUT2D eigenvalue weighted by atomic mass is 35.6. The minimum Gasteiger partial charge on any atom is -0.312 e. The summed E-state index contributed by atoms with van der Waals surface area (Å²) in [6.07, 6.45) is 1.97. The van der Waals surface area contributed by atoms with Crippen LogP contribution in [0.15, 0.2) is 18.2 Å².